The number of rotatable bonds is 2. The van der Waals surface area contributed by atoms with Gasteiger partial charge in [-0.3, -0.25) is 0 Å². The Morgan fingerprint density at radius 1 is 1.62 bits per heavy atom. The molecule has 0 aromatic carbocycles. The first-order valence-electron chi connectivity index (χ1n) is 3.70. The highest BCUT2D eigenvalue weighted by molar-refractivity contribution is 6.30. The van der Waals surface area contributed by atoms with Crippen LogP contribution in [0.1, 0.15) is 23.2 Å². The van der Waals surface area contributed by atoms with Crippen LogP contribution in [0.3, 0.4) is 0 Å². The smallest absolute Gasteiger partial charge is 0.265 e. The summed E-state index contributed by atoms with van der Waals surface area (Å²) >= 11 is 5.67. The molecular formula is C8H9ClF2N2. The Bertz CT molecular complexity index is 315. The second-order valence-electron chi connectivity index (χ2n) is 2.62. The molecule has 0 fully saturated rings. The number of alkyl halides is 2. The van der Waals surface area contributed by atoms with Gasteiger partial charge in [0.25, 0.3) is 6.43 Å². The summed E-state index contributed by atoms with van der Waals surface area (Å²) in [5.41, 5.74) is 5.89. The fourth-order valence-electron chi connectivity index (χ4n) is 0.999. The molecule has 2 nitrogen and oxygen atoms in total. The number of hydrogen-bond donors (Lipinski definition) is 1. The van der Waals surface area contributed by atoms with Crippen LogP contribution in [0.5, 0.6) is 0 Å². The van der Waals surface area contributed by atoms with Crippen molar-refractivity contribution >= 4 is 11.6 Å². The number of nitrogens with two attached hydrogens (primary N) is 1. The van der Waals surface area contributed by atoms with Gasteiger partial charge in [-0.05, 0) is 13.0 Å². The van der Waals surface area contributed by atoms with E-state index in [0.29, 0.717) is 5.56 Å². The van der Waals surface area contributed by atoms with Crippen LogP contribution in [0.15, 0.2) is 6.07 Å². The predicted molar refractivity (Wildman–Crippen MR) is 46.8 cm³/mol. The third-order valence-electron chi connectivity index (χ3n) is 1.73. The third-order valence-corrected chi connectivity index (χ3v) is 2.06. The molecule has 0 bridgehead atoms. The molecule has 0 saturated carbocycles. The van der Waals surface area contributed by atoms with Crippen LogP contribution >= 0.6 is 11.6 Å². The summed E-state index contributed by atoms with van der Waals surface area (Å²) in [4.78, 5) is 3.77. The molecule has 0 radical (unpaired) electrons. The monoisotopic (exact) mass is 206 g/mol. The van der Waals surface area contributed by atoms with Crippen molar-refractivity contribution in [2.75, 3.05) is 0 Å². The number of aromatic nitrogens is 1. The molecule has 0 aliphatic heterocycles. The van der Waals surface area contributed by atoms with Gasteiger partial charge in [-0.2, -0.15) is 0 Å². The highest BCUT2D eigenvalue weighted by Gasteiger charge is 2.14. The first-order valence-corrected chi connectivity index (χ1v) is 4.08. The number of nitrogens with zero attached hydrogens (tertiary/aromatic N) is 1. The summed E-state index contributed by atoms with van der Waals surface area (Å²) in [6, 6.07) is 1.30. The van der Waals surface area contributed by atoms with Crippen molar-refractivity contribution in [2.24, 2.45) is 5.73 Å². The number of pyridine rings is 1. The number of aryl methyl sites for hydroxylation is 1. The Morgan fingerprint density at radius 2 is 2.23 bits per heavy atom. The van der Waals surface area contributed by atoms with Crippen LogP contribution in [-0.4, -0.2) is 4.98 Å². The van der Waals surface area contributed by atoms with Crippen LogP contribution in [0, 0.1) is 6.92 Å². The highest BCUT2D eigenvalue weighted by atomic mass is 35.5. The normalized spacial score (nSPS) is 10.9. The van der Waals surface area contributed by atoms with E-state index in [4.69, 9.17) is 17.3 Å². The molecular weight excluding hydrogens is 198 g/mol. The van der Waals surface area contributed by atoms with E-state index in [2.05, 4.69) is 4.98 Å². The molecule has 0 spiro atoms. The van der Waals surface area contributed by atoms with Crippen molar-refractivity contribution in [1.29, 1.82) is 0 Å². The maximum absolute atomic E-state index is 12.4. The topological polar surface area (TPSA) is 38.9 Å². The average molecular weight is 207 g/mol. The van der Waals surface area contributed by atoms with Gasteiger partial charge in [-0.25, -0.2) is 13.8 Å². The Hall–Kier alpha value is -0.740. The van der Waals surface area contributed by atoms with Crippen molar-refractivity contribution in [3.8, 4) is 0 Å². The maximum atomic E-state index is 12.4. The first kappa shape index (κ1) is 10.3. The van der Waals surface area contributed by atoms with Crippen LogP contribution in [0.4, 0.5) is 8.78 Å². The lowest BCUT2D eigenvalue weighted by molar-refractivity contribution is 0.150. The second-order valence-corrected chi connectivity index (χ2v) is 2.98. The summed E-state index contributed by atoms with van der Waals surface area (Å²) in [5.74, 6) is 0. The Kier molecular flexibility index (Phi) is 3.17. The lowest BCUT2D eigenvalue weighted by Crippen LogP contribution is -2.03. The van der Waals surface area contributed by atoms with E-state index in [1.165, 1.54) is 13.0 Å². The molecule has 0 atom stereocenters. The lowest BCUT2D eigenvalue weighted by Gasteiger charge is -2.07. The van der Waals surface area contributed by atoms with Gasteiger partial charge in [-0.15, -0.1) is 0 Å². The van der Waals surface area contributed by atoms with Gasteiger partial charge in [0.1, 0.15) is 5.15 Å². The highest BCUT2D eigenvalue weighted by Crippen LogP contribution is 2.25. The first-order chi connectivity index (χ1) is 6.06. The minimum atomic E-state index is -2.53. The average Bonchev–Trinajstić information content (AvgIpc) is 2.03. The van der Waals surface area contributed by atoms with Crippen molar-refractivity contribution in [3.05, 3.63) is 28.0 Å². The Morgan fingerprint density at radius 3 is 2.69 bits per heavy atom. The fourth-order valence-corrected chi connectivity index (χ4v) is 1.26. The zero-order chi connectivity index (χ0) is 10.0. The van der Waals surface area contributed by atoms with Crippen molar-refractivity contribution in [3.63, 3.8) is 0 Å². The van der Waals surface area contributed by atoms with Gasteiger partial charge in [-0.1, -0.05) is 11.6 Å². The van der Waals surface area contributed by atoms with Crippen molar-refractivity contribution < 1.29 is 8.78 Å². The Labute approximate surface area is 79.7 Å². The maximum Gasteiger partial charge on any atom is 0.265 e. The second kappa shape index (κ2) is 3.98. The van der Waals surface area contributed by atoms with Gasteiger partial charge in [0, 0.05) is 23.4 Å². The van der Waals surface area contributed by atoms with E-state index in [1.54, 1.807) is 0 Å². The predicted octanol–water partition coefficient (Wildman–Crippen LogP) is 2.44. The number of hydrogen-bond acceptors (Lipinski definition) is 2. The largest absolute Gasteiger partial charge is 0.326 e. The van der Waals surface area contributed by atoms with Crippen LogP contribution in [-0.2, 0) is 6.54 Å². The summed E-state index contributed by atoms with van der Waals surface area (Å²) in [5, 5.41) is 0.199. The van der Waals surface area contributed by atoms with Gasteiger partial charge in [0.15, 0.2) is 0 Å². The fraction of sp³-hybridized carbons (Fsp3) is 0.375. The van der Waals surface area contributed by atoms with Crippen LogP contribution < -0.4 is 5.73 Å². The van der Waals surface area contributed by atoms with E-state index >= 15 is 0 Å². The van der Waals surface area contributed by atoms with Gasteiger partial charge < -0.3 is 5.73 Å². The lowest BCUT2D eigenvalue weighted by atomic mass is 10.1. The van der Waals surface area contributed by atoms with E-state index < -0.39 is 6.43 Å². The molecule has 1 aromatic heterocycles. The minimum Gasteiger partial charge on any atom is -0.326 e. The molecule has 72 valence electrons. The minimum absolute atomic E-state index is 0.107. The SMILES string of the molecule is Cc1nc(Cl)c(CN)cc1C(F)F. The van der Waals surface area contributed by atoms with Gasteiger partial charge >= 0.3 is 0 Å². The molecule has 0 aliphatic rings. The summed E-state index contributed by atoms with van der Waals surface area (Å²) in [7, 11) is 0. The van der Waals surface area contributed by atoms with E-state index in [1.807, 2.05) is 0 Å². The zero-order valence-corrected chi connectivity index (χ0v) is 7.78. The molecule has 1 heterocycles. The van der Waals surface area contributed by atoms with Gasteiger partial charge in [0.05, 0.1) is 0 Å². The molecule has 1 rings (SSSR count). The van der Waals surface area contributed by atoms with Crippen LogP contribution in [0.2, 0.25) is 5.15 Å². The molecule has 5 heteroatoms. The molecule has 0 aliphatic carbocycles. The summed E-state index contributed by atoms with van der Waals surface area (Å²) in [6.07, 6.45) is -2.53. The molecule has 0 unspecified atom stereocenters. The van der Waals surface area contributed by atoms with Crippen molar-refractivity contribution in [2.45, 2.75) is 19.9 Å². The van der Waals surface area contributed by atoms with Gasteiger partial charge in [0.2, 0.25) is 0 Å². The molecule has 2 N–H and O–H groups in total. The molecule has 1 aromatic rings. The Balaban J connectivity index is 3.22. The van der Waals surface area contributed by atoms with Crippen LogP contribution in [0.25, 0.3) is 0 Å². The zero-order valence-electron chi connectivity index (χ0n) is 7.02. The van der Waals surface area contributed by atoms with E-state index in [-0.39, 0.29) is 23.0 Å². The third kappa shape index (κ3) is 2.14. The summed E-state index contributed by atoms with van der Waals surface area (Å²) < 4.78 is 24.7. The van der Waals surface area contributed by atoms with E-state index in [9.17, 15) is 8.78 Å². The van der Waals surface area contributed by atoms with Crippen molar-refractivity contribution in [1.82, 2.24) is 4.98 Å². The molecule has 13 heavy (non-hydrogen) atoms. The number of halogens is 3. The quantitative estimate of drug-likeness (QED) is 0.755. The molecule has 0 amide bonds. The standard InChI is InChI=1S/C8H9ClF2N2/c1-4-6(8(10)11)2-5(3-12)7(9)13-4/h2,8H,3,12H2,1H3. The molecule has 0 saturated heterocycles. The van der Waals surface area contributed by atoms with E-state index in [0.717, 1.165) is 0 Å². The summed E-state index contributed by atoms with van der Waals surface area (Å²) in [6.45, 7) is 1.61.